The first-order chi connectivity index (χ1) is 9.26. The van der Waals surface area contributed by atoms with Crippen molar-refractivity contribution in [2.75, 3.05) is 19.8 Å². The highest BCUT2D eigenvalue weighted by molar-refractivity contribution is 4.96. The Balaban J connectivity index is 2.12. The molecule has 1 fully saturated rings. The van der Waals surface area contributed by atoms with Crippen molar-refractivity contribution >= 4 is 0 Å². The maximum Gasteiger partial charge on any atom is 0.0614 e. The lowest BCUT2D eigenvalue weighted by molar-refractivity contribution is 0.0444. The minimum absolute atomic E-state index is 0.0666. The van der Waals surface area contributed by atoms with E-state index in [2.05, 4.69) is 19.2 Å². The monoisotopic (exact) mass is 271 g/mol. The lowest BCUT2D eigenvalue weighted by Gasteiger charge is -2.28. The summed E-state index contributed by atoms with van der Waals surface area (Å²) in [6, 6.07) is 0. The van der Waals surface area contributed by atoms with E-state index in [1.54, 1.807) is 0 Å². The fourth-order valence-electron chi connectivity index (χ4n) is 2.93. The number of hydrogen-bond donors (Lipinski definition) is 2. The summed E-state index contributed by atoms with van der Waals surface area (Å²) in [5.74, 6) is 0. The van der Waals surface area contributed by atoms with E-state index in [9.17, 15) is 5.11 Å². The molecular formula is C16H33NO2. The van der Waals surface area contributed by atoms with Crippen LogP contribution in [-0.4, -0.2) is 36.5 Å². The third-order valence-corrected chi connectivity index (χ3v) is 4.22. The highest BCUT2D eigenvalue weighted by Crippen LogP contribution is 2.31. The predicted molar refractivity (Wildman–Crippen MR) is 80.5 cm³/mol. The van der Waals surface area contributed by atoms with Crippen LogP contribution >= 0.6 is 0 Å². The molecule has 0 amide bonds. The Labute approximate surface area is 119 Å². The standard InChI is InChI=1S/C16H33NO2/c1-3-5-6-7-8-12-19-15-9-10-16(13-15,14-18)17-11-4-2/h15,17-18H,3-14H2,1-2H3. The molecule has 19 heavy (non-hydrogen) atoms. The molecule has 2 unspecified atom stereocenters. The van der Waals surface area contributed by atoms with Crippen molar-refractivity contribution in [1.29, 1.82) is 0 Å². The Bertz CT molecular complexity index is 223. The number of unbranched alkanes of at least 4 members (excludes halogenated alkanes) is 4. The first-order valence-electron chi connectivity index (χ1n) is 8.24. The predicted octanol–water partition coefficient (Wildman–Crippen LogP) is 3.26. The summed E-state index contributed by atoms with van der Waals surface area (Å²) in [5, 5.41) is 13.1. The van der Waals surface area contributed by atoms with Gasteiger partial charge in [0.25, 0.3) is 0 Å². The normalized spacial score (nSPS) is 27.0. The number of nitrogens with one attached hydrogen (secondary N) is 1. The molecule has 1 aliphatic rings. The summed E-state index contributed by atoms with van der Waals surface area (Å²) in [6.45, 7) is 6.53. The van der Waals surface area contributed by atoms with E-state index in [-0.39, 0.29) is 12.1 Å². The highest BCUT2D eigenvalue weighted by atomic mass is 16.5. The smallest absolute Gasteiger partial charge is 0.0614 e. The largest absolute Gasteiger partial charge is 0.394 e. The Morgan fingerprint density at radius 1 is 1.16 bits per heavy atom. The first-order valence-corrected chi connectivity index (χ1v) is 8.24. The lowest BCUT2D eigenvalue weighted by atomic mass is 9.98. The summed E-state index contributed by atoms with van der Waals surface area (Å²) in [6.07, 6.45) is 11.0. The molecule has 0 radical (unpaired) electrons. The SMILES string of the molecule is CCCCCCCOC1CCC(CO)(NCCC)C1. The third kappa shape index (κ3) is 6.24. The van der Waals surface area contributed by atoms with E-state index in [1.807, 2.05) is 0 Å². The number of aliphatic hydroxyl groups is 1. The van der Waals surface area contributed by atoms with Gasteiger partial charge in [-0.1, -0.05) is 39.5 Å². The van der Waals surface area contributed by atoms with E-state index >= 15 is 0 Å². The van der Waals surface area contributed by atoms with Crippen LogP contribution in [0.1, 0.15) is 71.6 Å². The van der Waals surface area contributed by atoms with Crippen LogP contribution in [0, 0.1) is 0 Å². The Hall–Kier alpha value is -0.120. The molecule has 0 aromatic heterocycles. The van der Waals surface area contributed by atoms with Crippen LogP contribution in [0.3, 0.4) is 0 Å². The lowest BCUT2D eigenvalue weighted by Crippen LogP contribution is -2.47. The van der Waals surface area contributed by atoms with E-state index in [4.69, 9.17) is 4.74 Å². The van der Waals surface area contributed by atoms with Crippen molar-refractivity contribution in [1.82, 2.24) is 5.32 Å². The number of hydrogen-bond acceptors (Lipinski definition) is 3. The number of rotatable bonds is 11. The van der Waals surface area contributed by atoms with E-state index in [1.165, 1.54) is 32.1 Å². The molecule has 2 atom stereocenters. The van der Waals surface area contributed by atoms with Gasteiger partial charge >= 0.3 is 0 Å². The summed E-state index contributed by atoms with van der Waals surface area (Å²) in [7, 11) is 0. The van der Waals surface area contributed by atoms with Gasteiger partial charge in [0.05, 0.1) is 12.7 Å². The summed E-state index contributed by atoms with van der Waals surface area (Å²) >= 11 is 0. The molecule has 3 heteroatoms. The van der Waals surface area contributed by atoms with E-state index in [0.717, 1.165) is 38.8 Å². The third-order valence-electron chi connectivity index (χ3n) is 4.22. The van der Waals surface area contributed by atoms with Crippen molar-refractivity contribution in [2.45, 2.75) is 83.3 Å². The first kappa shape index (κ1) is 16.9. The van der Waals surface area contributed by atoms with Crippen LogP contribution in [0.25, 0.3) is 0 Å². The topological polar surface area (TPSA) is 41.5 Å². The van der Waals surface area contributed by atoms with Gasteiger partial charge in [-0.15, -0.1) is 0 Å². The molecule has 0 heterocycles. The van der Waals surface area contributed by atoms with Crippen LogP contribution in [-0.2, 0) is 4.74 Å². The molecule has 1 rings (SSSR count). The Morgan fingerprint density at radius 2 is 1.95 bits per heavy atom. The molecule has 2 N–H and O–H groups in total. The van der Waals surface area contributed by atoms with Gasteiger partial charge < -0.3 is 15.2 Å². The van der Waals surface area contributed by atoms with Crippen molar-refractivity contribution < 1.29 is 9.84 Å². The molecule has 0 bridgehead atoms. The van der Waals surface area contributed by atoms with Gasteiger partial charge in [-0.2, -0.15) is 0 Å². The summed E-state index contributed by atoms with van der Waals surface area (Å²) in [4.78, 5) is 0. The Kier molecular flexibility index (Phi) is 8.67. The van der Waals surface area contributed by atoms with E-state index in [0.29, 0.717) is 6.10 Å². The van der Waals surface area contributed by atoms with Crippen molar-refractivity contribution in [3.8, 4) is 0 Å². The number of aliphatic hydroxyl groups excluding tert-OH is 1. The summed E-state index contributed by atoms with van der Waals surface area (Å²) < 4.78 is 5.97. The highest BCUT2D eigenvalue weighted by Gasteiger charge is 2.38. The summed E-state index contributed by atoms with van der Waals surface area (Å²) in [5.41, 5.74) is -0.0666. The molecule has 0 saturated heterocycles. The molecule has 3 nitrogen and oxygen atoms in total. The molecule has 0 spiro atoms. The molecular weight excluding hydrogens is 238 g/mol. The fourth-order valence-corrected chi connectivity index (χ4v) is 2.93. The van der Waals surface area contributed by atoms with Crippen LogP contribution < -0.4 is 5.32 Å². The fraction of sp³-hybridized carbons (Fsp3) is 1.00. The minimum atomic E-state index is -0.0666. The molecule has 1 aliphatic carbocycles. The maximum atomic E-state index is 9.61. The second kappa shape index (κ2) is 9.73. The van der Waals surface area contributed by atoms with Gasteiger partial charge in [0.2, 0.25) is 0 Å². The zero-order valence-corrected chi connectivity index (χ0v) is 12.9. The average molecular weight is 271 g/mol. The molecule has 0 aromatic carbocycles. The van der Waals surface area contributed by atoms with Gasteiger partial charge in [0, 0.05) is 12.1 Å². The molecule has 0 aromatic rings. The van der Waals surface area contributed by atoms with Crippen LogP contribution in [0.15, 0.2) is 0 Å². The van der Waals surface area contributed by atoms with Crippen molar-refractivity contribution in [3.63, 3.8) is 0 Å². The van der Waals surface area contributed by atoms with Crippen LogP contribution in [0.2, 0.25) is 0 Å². The number of ether oxygens (including phenoxy) is 1. The van der Waals surface area contributed by atoms with Crippen molar-refractivity contribution in [3.05, 3.63) is 0 Å². The maximum absolute atomic E-state index is 9.61. The zero-order valence-electron chi connectivity index (χ0n) is 12.9. The average Bonchev–Trinajstić information content (AvgIpc) is 2.85. The van der Waals surface area contributed by atoms with Crippen LogP contribution in [0.5, 0.6) is 0 Å². The zero-order chi connectivity index (χ0) is 14.0. The molecule has 1 saturated carbocycles. The van der Waals surface area contributed by atoms with Crippen LogP contribution in [0.4, 0.5) is 0 Å². The van der Waals surface area contributed by atoms with Gasteiger partial charge in [-0.25, -0.2) is 0 Å². The van der Waals surface area contributed by atoms with E-state index < -0.39 is 0 Å². The second-order valence-electron chi connectivity index (χ2n) is 6.02. The van der Waals surface area contributed by atoms with Gasteiger partial charge in [-0.05, 0) is 38.6 Å². The quantitative estimate of drug-likeness (QED) is 0.567. The van der Waals surface area contributed by atoms with Gasteiger partial charge in [0.15, 0.2) is 0 Å². The minimum Gasteiger partial charge on any atom is -0.394 e. The van der Waals surface area contributed by atoms with Gasteiger partial charge in [-0.3, -0.25) is 0 Å². The van der Waals surface area contributed by atoms with Crippen molar-refractivity contribution in [2.24, 2.45) is 0 Å². The Morgan fingerprint density at radius 3 is 2.63 bits per heavy atom. The second-order valence-corrected chi connectivity index (χ2v) is 6.02. The molecule has 0 aliphatic heterocycles. The molecule has 114 valence electrons. The van der Waals surface area contributed by atoms with Gasteiger partial charge in [0.1, 0.15) is 0 Å².